The predicted octanol–water partition coefficient (Wildman–Crippen LogP) is 0.621. The lowest BCUT2D eigenvalue weighted by molar-refractivity contribution is -0.132. The molecule has 0 saturated carbocycles. The van der Waals surface area contributed by atoms with Gasteiger partial charge in [-0.2, -0.15) is 17.0 Å². The molecule has 0 bridgehead atoms. The molecule has 2 aliphatic heterocycles. The second-order valence-corrected chi connectivity index (χ2v) is 9.30. The highest BCUT2D eigenvalue weighted by Gasteiger charge is 2.34. The highest BCUT2D eigenvalue weighted by atomic mass is 32.2. The number of nitrogens with zero attached hydrogens (tertiary/aromatic N) is 4. The molecule has 0 atom stereocenters. The Balaban J connectivity index is 1.39. The van der Waals surface area contributed by atoms with E-state index in [0.29, 0.717) is 52.1 Å². The van der Waals surface area contributed by atoms with E-state index in [0.717, 1.165) is 13.1 Å². The van der Waals surface area contributed by atoms with Crippen LogP contribution in [0.15, 0.2) is 24.3 Å². The monoisotopic (exact) mass is 428 g/mol. The number of hydrogen-bond acceptors (Lipinski definition) is 5. The van der Waals surface area contributed by atoms with Crippen molar-refractivity contribution < 1.29 is 22.3 Å². The molecule has 10 heteroatoms. The maximum atomic E-state index is 13.5. The van der Waals surface area contributed by atoms with E-state index in [-0.39, 0.29) is 18.3 Å². The van der Waals surface area contributed by atoms with Gasteiger partial charge in [-0.15, -0.1) is 0 Å². The fraction of sp³-hybridized carbons (Fsp3) is 0.632. The molecule has 2 saturated heterocycles. The van der Waals surface area contributed by atoms with Gasteiger partial charge in [0.25, 0.3) is 10.2 Å². The Morgan fingerprint density at radius 2 is 1.59 bits per heavy atom. The molecule has 0 radical (unpaired) electrons. The first kappa shape index (κ1) is 21.9. The van der Waals surface area contributed by atoms with Gasteiger partial charge in [0, 0.05) is 58.8 Å². The third kappa shape index (κ3) is 5.65. The number of likely N-dealkylation sites (N-methyl/N-ethyl adjacent to an activating group) is 1. The largest absolute Gasteiger partial charge is 0.491 e. The summed E-state index contributed by atoms with van der Waals surface area (Å²) in [4.78, 5) is 16.2. The smallest absolute Gasteiger partial charge is 0.282 e. The van der Waals surface area contributed by atoms with Crippen molar-refractivity contribution in [2.24, 2.45) is 0 Å². The van der Waals surface area contributed by atoms with Crippen LogP contribution < -0.4 is 4.74 Å². The molecule has 1 amide bonds. The lowest BCUT2D eigenvalue weighted by Crippen LogP contribution is -2.57. The molecule has 0 N–H and O–H groups in total. The van der Waals surface area contributed by atoms with Gasteiger partial charge in [0.15, 0.2) is 11.6 Å². The lowest BCUT2D eigenvalue weighted by atomic mass is 10.2. The first-order valence-electron chi connectivity index (χ1n) is 9.97. The van der Waals surface area contributed by atoms with Crippen LogP contribution in [0.5, 0.6) is 5.75 Å². The lowest BCUT2D eigenvalue weighted by Gasteiger charge is -2.39. The van der Waals surface area contributed by atoms with Gasteiger partial charge < -0.3 is 14.5 Å². The summed E-state index contributed by atoms with van der Waals surface area (Å²) in [6.45, 7) is 4.11. The van der Waals surface area contributed by atoms with E-state index in [1.54, 1.807) is 23.1 Å². The zero-order valence-corrected chi connectivity index (χ0v) is 17.6. The number of amides is 1. The van der Waals surface area contributed by atoms with Crippen LogP contribution in [0, 0.1) is 5.82 Å². The molecule has 29 heavy (non-hydrogen) atoms. The zero-order valence-electron chi connectivity index (χ0n) is 16.8. The number of carbonyl (C=O) groups is 1. The van der Waals surface area contributed by atoms with Gasteiger partial charge in [0.05, 0.1) is 6.61 Å². The minimum atomic E-state index is -3.47. The summed E-state index contributed by atoms with van der Waals surface area (Å²) in [5, 5.41) is 0. The maximum absolute atomic E-state index is 13.5. The summed E-state index contributed by atoms with van der Waals surface area (Å²) < 4.78 is 47.4. The quantitative estimate of drug-likeness (QED) is 0.596. The molecule has 0 unspecified atom stereocenters. The first-order chi connectivity index (χ1) is 13.9. The number of halogens is 1. The molecule has 0 spiro atoms. The fourth-order valence-electron chi connectivity index (χ4n) is 3.48. The maximum Gasteiger partial charge on any atom is 0.282 e. The van der Waals surface area contributed by atoms with Crippen molar-refractivity contribution >= 4 is 16.1 Å². The van der Waals surface area contributed by atoms with E-state index in [1.807, 2.05) is 7.05 Å². The summed E-state index contributed by atoms with van der Waals surface area (Å²) in [6, 6.07) is 6.17. The minimum Gasteiger partial charge on any atom is -0.491 e. The Bertz CT molecular complexity index is 791. The third-order valence-electron chi connectivity index (χ3n) is 5.34. The van der Waals surface area contributed by atoms with Crippen molar-refractivity contribution in [2.75, 3.05) is 66.0 Å². The summed E-state index contributed by atoms with van der Waals surface area (Å²) in [5.74, 6) is -0.266. The Morgan fingerprint density at radius 3 is 2.21 bits per heavy atom. The van der Waals surface area contributed by atoms with Crippen LogP contribution in [-0.2, 0) is 15.0 Å². The van der Waals surface area contributed by atoms with Gasteiger partial charge >= 0.3 is 0 Å². The van der Waals surface area contributed by atoms with Crippen molar-refractivity contribution in [3.8, 4) is 5.75 Å². The highest BCUT2D eigenvalue weighted by molar-refractivity contribution is 7.86. The van der Waals surface area contributed by atoms with E-state index in [9.17, 15) is 17.6 Å². The van der Waals surface area contributed by atoms with Crippen LogP contribution in [0.2, 0.25) is 0 Å². The summed E-state index contributed by atoms with van der Waals surface area (Å²) in [5.41, 5.74) is 0. The molecule has 2 fully saturated rings. The Kier molecular flexibility index (Phi) is 7.44. The summed E-state index contributed by atoms with van der Waals surface area (Å²) >= 11 is 0. The van der Waals surface area contributed by atoms with Gasteiger partial charge in [0.1, 0.15) is 0 Å². The molecule has 3 rings (SSSR count). The van der Waals surface area contributed by atoms with Crippen LogP contribution in [0.25, 0.3) is 0 Å². The van der Waals surface area contributed by atoms with Crippen LogP contribution in [-0.4, -0.2) is 98.7 Å². The average Bonchev–Trinajstić information content (AvgIpc) is 2.72. The summed E-state index contributed by atoms with van der Waals surface area (Å²) in [7, 11) is -1.48. The second-order valence-electron chi connectivity index (χ2n) is 7.37. The van der Waals surface area contributed by atoms with Crippen LogP contribution >= 0.6 is 0 Å². The molecule has 1 aromatic carbocycles. The minimum absolute atomic E-state index is 0.0289. The Hall–Kier alpha value is -1.75. The van der Waals surface area contributed by atoms with Crippen molar-refractivity contribution in [1.29, 1.82) is 0 Å². The van der Waals surface area contributed by atoms with Crippen LogP contribution in [0.1, 0.15) is 12.8 Å². The van der Waals surface area contributed by atoms with Gasteiger partial charge in [-0.05, 0) is 25.6 Å². The van der Waals surface area contributed by atoms with Crippen molar-refractivity contribution in [1.82, 2.24) is 18.4 Å². The van der Waals surface area contributed by atoms with Crippen molar-refractivity contribution in [2.45, 2.75) is 12.8 Å². The van der Waals surface area contributed by atoms with Gasteiger partial charge in [-0.3, -0.25) is 4.79 Å². The molecular weight excluding hydrogens is 399 g/mol. The number of para-hydroxylation sites is 1. The topological polar surface area (TPSA) is 73.4 Å². The SMILES string of the molecule is CN1CCN(S(=O)(=O)N2CCN(C(=O)CCCOc3ccccc3F)CC2)CC1. The number of benzene rings is 1. The van der Waals surface area contributed by atoms with Crippen LogP contribution in [0.3, 0.4) is 0 Å². The molecule has 2 heterocycles. The van der Waals surface area contributed by atoms with Gasteiger partial charge in [-0.25, -0.2) is 4.39 Å². The number of piperazine rings is 2. The van der Waals surface area contributed by atoms with E-state index in [4.69, 9.17) is 4.74 Å². The number of ether oxygens (including phenoxy) is 1. The zero-order chi connectivity index (χ0) is 20.9. The van der Waals surface area contributed by atoms with E-state index in [1.165, 1.54) is 14.7 Å². The van der Waals surface area contributed by atoms with Crippen molar-refractivity contribution in [3.05, 3.63) is 30.1 Å². The molecule has 0 aromatic heterocycles. The number of carbonyl (C=O) groups excluding carboxylic acids is 1. The summed E-state index contributed by atoms with van der Waals surface area (Å²) in [6.07, 6.45) is 0.770. The van der Waals surface area contributed by atoms with E-state index < -0.39 is 16.0 Å². The third-order valence-corrected chi connectivity index (χ3v) is 7.37. The van der Waals surface area contributed by atoms with Gasteiger partial charge in [0.2, 0.25) is 5.91 Å². The van der Waals surface area contributed by atoms with Crippen LogP contribution in [0.4, 0.5) is 4.39 Å². The highest BCUT2D eigenvalue weighted by Crippen LogP contribution is 2.17. The fourth-order valence-corrected chi connectivity index (χ4v) is 5.05. The molecule has 8 nitrogen and oxygen atoms in total. The molecule has 0 aliphatic carbocycles. The number of rotatable bonds is 7. The Labute approximate surface area is 172 Å². The number of hydrogen-bond donors (Lipinski definition) is 0. The second kappa shape index (κ2) is 9.84. The van der Waals surface area contributed by atoms with E-state index >= 15 is 0 Å². The van der Waals surface area contributed by atoms with E-state index in [2.05, 4.69) is 4.90 Å². The standard InChI is InChI=1S/C19H29FN4O4S/c1-21-8-12-23(13-9-21)29(26,27)24-14-10-22(11-15-24)19(25)7-4-16-28-18-6-3-2-5-17(18)20/h2-3,5-6H,4,7-16H2,1H3. The molecule has 162 valence electrons. The van der Waals surface area contributed by atoms with Crippen molar-refractivity contribution in [3.63, 3.8) is 0 Å². The average molecular weight is 429 g/mol. The van der Waals surface area contributed by atoms with Gasteiger partial charge in [-0.1, -0.05) is 12.1 Å². The molecule has 2 aliphatic rings. The molecular formula is C19H29FN4O4S. The first-order valence-corrected chi connectivity index (χ1v) is 11.4. The molecule has 1 aromatic rings. The predicted molar refractivity (Wildman–Crippen MR) is 107 cm³/mol. The Morgan fingerprint density at radius 1 is 1.00 bits per heavy atom. The normalized spacial score (nSPS) is 20.0.